The van der Waals surface area contributed by atoms with E-state index < -0.39 is 40.9 Å². The first kappa shape index (κ1) is 32.4. The van der Waals surface area contributed by atoms with Gasteiger partial charge in [0.1, 0.15) is 16.5 Å². The van der Waals surface area contributed by atoms with Crippen molar-refractivity contribution < 1.29 is 148 Å². The van der Waals surface area contributed by atoms with Crippen LogP contribution in [0.2, 0.25) is 0 Å². The molecular weight excluding hydrogens is 514 g/mol. The van der Waals surface area contributed by atoms with Crippen LogP contribution in [0, 0.1) is 0 Å². The topological polar surface area (TPSA) is 127 Å². The van der Waals surface area contributed by atoms with Crippen molar-refractivity contribution in [3.63, 3.8) is 0 Å². The third-order valence-corrected chi connectivity index (χ3v) is 7.37. The zero-order valence-corrected chi connectivity index (χ0v) is 24.7. The summed E-state index contributed by atoms with van der Waals surface area (Å²) in [6.45, 7) is 0. The molecule has 0 saturated heterocycles. The van der Waals surface area contributed by atoms with Gasteiger partial charge in [-0.25, -0.2) is 0 Å². The van der Waals surface area contributed by atoms with Crippen molar-refractivity contribution in [1.82, 2.24) is 0 Å². The maximum absolute atomic E-state index is 12.8. The number of hydrogen-bond donors (Lipinski definition) is 1. The maximum atomic E-state index is 12.8. The van der Waals surface area contributed by atoms with Crippen LogP contribution < -0.4 is 117 Å². The minimum absolute atomic E-state index is 0. The maximum Gasteiger partial charge on any atom is 1.00 e. The number of alkyl halides is 3. The molecule has 2 aromatic rings. The van der Waals surface area contributed by atoms with E-state index >= 15 is 0 Å². The molecule has 0 aliphatic rings. The van der Waals surface area contributed by atoms with Crippen molar-refractivity contribution in [3.05, 3.63) is 59.7 Å². The Morgan fingerprint density at radius 3 is 2.10 bits per heavy atom. The molecule has 1 unspecified atom stereocenters. The first-order valence-corrected chi connectivity index (χ1v) is 11.3. The summed E-state index contributed by atoms with van der Waals surface area (Å²) in [7, 11) is -10.6. The number of benzene rings is 2. The molecule has 0 saturated carbocycles. The SMILES string of the molecule is O=P([O-])([O-])C(CCCc1cccc(Oc2cccc(C(F)(F)F)c2)c1)S(=O)(=O)O.[K+].[K+]. The van der Waals surface area contributed by atoms with E-state index in [0.29, 0.717) is 5.56 Å². The van der Waals surface area contributed by atoms with Crippen LogP contribution in [0.3, 0.4) is 0 Å². The van der Waals surface area contributed by atoms with Gasteiger partial charge in [0, 0.05) is 0 Å². The molecule has 2 rings (SSSR count). The van der Waals surface area contributed by atoms with E-state index in [1.165, 1.54) is 24.3 Å². The van der Waals surface area contributed by atoms with Gasteiger partial charge >= 0.3 is 109 Å². The van der Waals surface area contributed by atoms with Crippen LogP contribution in [0.1, 0.15) is 24.0 Å². The van der Waals surface area contributed by atoms with Crippen LogP contribution in [0.4, 0.5) is 13.2 Å². The fourth-order valence-corrected chi connectivity index (χ4v) is 4.86. The largest absolute Gasteiger partial charge is 1.00 e. The minimum atomic E-state index is -5.55. The number of halogens is 3. The van der Waals surface area contributed by atoms with Crippen LogP contribution in [-0.4, -0.2) is 18.0 Å². The van der Waals surface area contributed by atoms with Crippen LogP contribution in [0.15, 0.2) is 48.5 Å². The standard InChI is InChI=1S/C17H18F3O7PS.2K/c18-17(19,20)13-6-3-8-15(11-13)27-14-7-1-4-12(10-14)5-2-9-16(28(21,22)23)29(24,25)26;;/h1,3-4,6-8,10-11,16H,2,5,9H2,(H2,21,22,23)(H,24,25,26);;/q;2*+1/p-2. The van der Waals surface area contributed by atoms with E-state index in [9.17, 15) is 35.9 Å². The Morgan fingerprint density at radius 1 is 1.03 bits per heavy atom. The van der Waals surface area contributed by atoms with Gasteiger partial charge in [-0.05, 0) is 62.8 Å². The molecule has 0 bridgehead atoms. The Balaban J connectivity index is 0.00000450. The third kappa shape index (κ3) is 11.1. The van der Waals surface area contributed by atoms with Crippen molar-refractivity contribution in [2.45, 2.75) is 30.4 Å². The van der Waals surface area contributed by atoms with Gasteiger partial charge in [0.15, 0.2) is 0 Å². The van der Waals surface area contributed by atoms with Crippen LogP contribution >= 0.6 is 7.60 Å². The number of rotatable bonds is 8. The molecule has 0 heterocycles. The van der Waals surface area contributed by atoms with Crippen LogP contribution in [0.25, 0.3) is 0 Å². The van der Waals surface area contributed by atoms with E-state index in [4.69, 9.17) is 9.29 Å². The zero-order chi connectivity index (χ0) is 21.9. The van der Waals surface area contributed by atoms with Crippen molar-refractivity contribution in [2.75, 3.05) is 0 Å². The monoisotopic (exact) mass is 530 g/mol. The van der Waals surface area contributed by atoms with Gasteiger partial charge in [-0.1, -0.05) is 18.2 Å². The molecule has 0 aliphatic heterocycles. The molecule has 0 amide bonds. The average Bonchev–Trinajstić information content (AvgIpc) is 2.56. The van der Waals surface area contributed by atoms with Gasteiger partial charge in [0.25, 0.3) is 10.1 Å². The molecule has 160 valence electrons. The normalized spacial score (nSPS) is 13.0. The molecular formula is C17H16F3K2O7PS. The summed E-state index contributed by atoms with van der Waals surface area (Å²) in [5.41, 5.74) is -0.308. The van der Waals surface area contributed by atoms with E-state index in [1.807, 2.05) is 0 Å². The van der Waals surface area contributed by atoms with Gasteiger partial charge in [-0.15, -0.1) is 0 Å². The third-order valence-electron chi connectivity index (χ3n) is 3.91. The summed E-state index contributed by atoms with van der Waals surface area (Å²) < 4.78 is 85.7. The molecule has 0 spiro atoms. The Hall–Kier alpha value is 1.36. The number of aryl methyl sites for hydroxylation is 1. The predicted molar refractivity (Wildman–Crippen MR) is 93.8 cm³/mol. The molecule has 14 heteroatoms. The second-order valence-corrected chi connectivity index (χ2v) is 9.83. The summed E-state index contributed by atoms with van der Waals surface area (Å²) in [4.78, 5) is 19.6. The second kappa shape index (κ2) is 13.5. The summed E-state index contributed by atoms with van der Waals surface area (Å²) in [6.07, 6.45) is -5.02. The molecule has 0 radical (unpaired) electrons. The van der Waals surface area contributed by atoms with Gasteiger partial charge in [-0.2, -0.15) is 21.6 Å². The molecule has 31 heavy (non-hydrogen) atoms. The first-order valence-electron chi connectivity index (χ1n) is 8.19. The molecule has 1 N–H and O–H groups in total. The fraction of sp³-hybridized carbons (Fsp3) is 0.294. The quantitative estimate of drug-likeness (QED) is 0.218. The molecule has 7 nitrogen and oxygen atoms in total. The van der Waals surface area contributed by atoms with Crippen molar-refractivity contribution in [3.8, 4) is 11.5 Å². The number of ether oxygens (including phenoxy) is 1. The summed E-state index contributed by atoms with van der Waals surface area (Å²) in [5.74, 6) is 0.175. The first-order chi connectivity index (χ1) is 13.3. The summed E-state index contributed by atoms with van der Waals surface area (Å²) >= 11 is 0. The van der Waals surface area contributed by atoms with Crippen molar-refractivity contribution in [2.24, 2.45) is 0 Å². The van der Waals surface area contributed by atoms with E-state index in [1.54, 1.807) is 12.1 Å². The van der Waals surface area contributed by atoms with Gasteiger partial charge in [-0.3, -0.25) is 4.55 Å². The molecule has 0 aliphatic carbocycles. The van der Waals surface area contributed by atoms with Crippen molar-refractivity contribution >= 4 is 17.7 Å². The predicted octanol–water partition coefficient (Wildman–Crippen LogP) is -3.04. The second-order valence-electron chi connectivity index (χ2n) is 6.18. The van der Waals surface area contributed by atoms with Crippen LogP contribution in [-0.2, 0) is 27.3 Å². The van der Waals surface area contributed by atoms with E-state index in [0.717, 1.165) is 12.1 Å². The Labute approximate surface area is 262 Å². The molecule has 0 aromatic heterocycles. The average molecular weight is 531 g/mol. The molecule has 1 atom stereocenters. The molecule has 2 aromatic carbocycles. The summed E-state index contributed by atoms with van der Waals surface area (Å²) in [5, 5.41) is 0. The zero-order valence-electron chi connectivity index (χ0n) is 16.7. The van der Waals surface area contributed by atoms with Crippen molar-refractivity contribution in [1.29, 1.82) is 0 Å². The molecule has 0 fully saturated rings. The fourth-order valence-electron chi connectivity index (χ4n) is 2.59. The van der Waals surface area contributed by atoms with E-state index in [-0.39, 0.29) is 127 Å². The number of hydrogen-bond acceptors (Lipinski definition) is 6. The Morgan fingerprint density at radius 2 is 1.58 bits per heavy atom. The Bertz CT molecular complexity index is 1010. The van der Waals surface area contributed by atoms with Crippen LogP contribution in [0.5, 0.6) is 11.5 Å². The van der Waals surface area contributed by atoms with E-state index in [2.05, 4.69) is 0 Å². The summed E-state index contributed by atoms with van der Waals surface area (Å²) in [6, 6.07) is 10.4. The van der Waals surface area contributed by atoms with Gasteiger partial charge in [0.2, 0.25) is 0 Å². The van der Waals surface area contributed by atoms with Gasteiger partial charge < -0.3 is 19.1 Å². The smallest absolute Gasteiger partial charge is 0.810 e. The van der Waals surface area contributed by atoms with Gasteiger partial charge in [0.05, 0.1) is 5.56 Å². The Kier molecular flexibility index (Phi) is 14.0. The minimum Gasteiger partial charge on any atom is -0.810 e.